The van der Waals surface area contributed by atoms with E-state index >= 15 is 0 Å². The van der Waals surface area contributed by atoms with Crippen LogP contribution < -0.4 is 10.9 Å². The van der Waals surface area contributed by atoms with Crippen molar-refractivity contribution in [3.63, 3.8) is 0 Å². The van der Waals surface area contributed by atoms with E-state index in [0.717, 1.165) is 10.2 Å². The summed E-state index contributed by atoms with van der Waals surface area (Å²) in [6.07, 6.45) is 0. The summed E-state index contributed by atoms with van der Waals surface area (Å²) in [4.78, 5) is 23.3. The normalized spacial score (nSPS) is 11.9. The highest BCUT2D eigenvalue weighted by atomic mass is 16.3. The van der Waals surface area contributed by atoms with Gasteiger partial charge in [0.1, 0.15) is 5.69 Å². The van der Waals surface area contributed by atoms with Gasteiger partial charge in [0.25, 0.3) is 11.5 Å². The first-order chi connectivity index (χ1) is 9.61. The second kappa shape index (κ2) is 6.12. The molecule has 0 bridgehead atoms. The molecule has 1 aromatic carbocycles. The minimum absolute atomic E-state index is 0.126. The zero-order chi connectivity index (χ0) is 14.5. The molecular formula is C14H15N3O3. The number of aliphatic hydroxyl groups excluding tert-OH is 1. The molecule has 104 valence electrons. The molecule has 0 unspecified atom stereocenters. The molecule has 0 aliphatic carbocycles. The first kappa shape index (κ1) is 14.0. The van der Waals surface area contributed by atoms with Gasteiger partial charge in [-0.05, 0) is 11.6 Å². The van der Waals surface area contributed by atoms with Crippen LogP contribution in [0, 0.1) is 0 Å². The molecule has 2 N–H and O–H groups in total. The first-order valence-electron chi connectivity index (χ1n) is 6.13. The van der Waals surface area contributed by atoms with Crippen LogP contribution in [0.5, 0.6) is 0 Å². The molecule has 1 heterocycles. The van der Waals surface area contributed by atoms with Crippen LogP contribution in [0.15, 0.2) is 47.3 Å². The Hall–Kier alpha value is -2.47. The van der Waals surface area contributed by atoms with Crippen molar-refractivity contribution in [3.05, 3.63) is 64.1 Å². The summed E-state index contributed by atoms with van der Waals surface area (Å²) in [7, 11) is 1.47. The lowest BCUT2D eigenvalue weighted by Gasteiger charge is -2.16. The second-order valence-electron chi connectivity index (χ2n) is 4.30. The van der Waals surface area contributed by atoms with Crippen LogP contribution >= 0.6 is 0 Å². The van der Waals surface area contributed by atoms with E-state index in [4.69, 9.17) is 0 Å². The summed E-state index contributed by atoms with van der Waals surface area (Å²) in [5.41, 5.74) is 0.637. The Kier molecular flexibility index (Phi) is 4.27. The molecule has 0 fully saturated rings. The Morgan fingerprint density at radius 1 is 1.30 bits per heavy atom. The molecule has 0 saturated heterocycles. The predicted octanol–water partition coefficient (Wildman–Crippen LogP) is 0.244. The van der Waals surface area contributed by atoms with Gasteiger partial charge in [0, 0.05) is 13.1 Å². The van der Waals surface area contributed by atoms with Crippen molar-refractivity contribution in [2.75, 3.05) is 6.61 Å². The molecule has 20 heavy (non-hydrogen) atoms. The maximum absolute atomic E-state index is 12.1. The van der Waals surface area contributed by atoms with Gasteiger partial charge in [0.05, 0.1) is 12.6 Å². The molecule has 2 rings (SSSR count). The molecule has 2 aromatic rings. The van der Waals surface area contributed by atoms with E-state index in [1.807, 2.05) is 30.3 Å². The van der Waals surface area contributed by atoms with Crippen molar-refractivity contribution in [1.29, 1.82) is 0 Å². The third kappa shape index (κ3) is 3.10. The topological polar surface area (TPSA) is 84.2 Å². The highest BCUT2D eigenvalue weighted by molar-refractivity contribution is 5.92. The van der Waals surface area contributed by atoms with Crippen LogP contribution in [0.25, 0.3) is 0 Å². The predicted molar refractivity (Wildman–Crippen MR) is 73.2 cm³/mol. The SMILES string of the molecule is Cn1nc(C(=O)N[C@H](CO)c2ccccc2)ccc1=O. The van der Waals surface area contributed by atoms with Crippen LogP contribution in [0.1, 0.15) is 22.1 Å². The summed E-state index contributed by atoms with van der Waals surface area (Å²) in [6, 6.07) is 11.3. The van der Waals surface area contributed by atoms with Gasteiger partial charge in [-0.1, -0.05) is 30.3 Å². The molecule has 0 aliphatic rings. The van der Waals surface area contributed by atoms with Crippen LogP contribution in [-0.2, 0) is 7.05 Å². The number of carbonyl (C=O) groups excluding carboxylic acids is 1. The number of aryl methyl sites for hydroxylation is 1. The Bertz CT molecular complexity index is 652. The van der Waals surface area contributed by atoms with Crippen molar-refractivity contribution in [2.24, 2.45) is 7.05 Å². The first-order valence-corrected chi connectivity index (χ1v) is 6.13. The molecular weight excluding hydrogens is 258 g/mol. The average Bonchev–Trinajstić information content (AvgIpc) is 2.48. The van der Waals surface area contributed by atoms with Gasteiger partial charge >= 0.3 is 0 Å². The van der Waals surface area contributed by atoms with Gasteiger partial charge < -0.3 is 10.4 Å². The number of carbonyl (C=O) groups is 1. The van der Waals surface area contributed by atoms with Crippen LogP contribution in [-0.4, -0.2) is 27.4 Å². The molecule has 6 nitrogen and oxygen atoms in total. The highest BCUT2D eigenvalue weighted by Crippen LogP contribution is 2.12. The summed E-state index contributed by atoms with van der Waals surface area (Å²) in [5.74, 6) is -0.441. The van der Waals surface area contributed by atoms with Crippen LogP contribution in [0.2, 0.25) is 0 Å². The molecule has 1 amide bonds. The lowest BCUT2D eigenvalue weighted by atomic mass is 10.1. The molecule has 0 spiro atoms. The molecule has 1 atom stereocenters. The number of hydrogen-bond donors (Lipinski definition) is 2. The Morgan fingerprint density at radius 3 is 2.60 bits per heavy atom. The minimum Gasteiger partial charge on any atom is -0.394 e. The van der Waals surface area contributed by atoms with Gasteiger partial charge in [-0.15, -0.1) is 0 Å². The zero-order valence-electron chi connectivity index (χ0n) is 11.0. The summed E-state index contributed by atoms with van der Waals surface area (Å²) in [6.45, 7) is -0.221. The van der Waals surface area contributed by atoms with Crippen LogP contribution in [0.3, 0.4) is 0 Å². The van der Waals surface area contributed by atoms with E-state index in [2.05, 4.69) is 10.4 Å². The summed E-state index contributed by atoms with van der Waals surface area (Å²) in [5, 5.41) is 15.9. The fraction of sp³-hybridized carbons (Fsp3) is 0.214. The number of aromatic nitrogens is 2. The number of aliphatic hydroxyl groups is 1. The third-order valence-corrected chi connectivity index (χ3v) is 2.88. The molecule has 1 aromatic heterocycles. The Balaban J connectivity index is 2.17. The van der Waals surface area contributed by atoms with E-state index in [1.165, 1.54) is 19.2 Å². The minimum atomic E-state index is -0.511. The number of amides is 1. The van der Waals surface area contributed by atoms with Crippen molar-refractivity contribution in [1.82, 2.24) is 15.1 Å². The van der Waals surface area contributed by atoms with Gasteiger partial charge in [-0.25, -0.2) is 4.68 Å². The monoisotopic (exact) mass is 273 g/mol. The zero-order valence-corrected chi connectivity index (χ0v) is 11.0. The quantitative estimate of drug-likeness (QED) is 0.836. The largest absolute Gasteiger partial charge is 0.394 e. The van der Waals surface area contributed by atoms with Crippen molar-refractivity contribution in [3.8, 4) is 0 Å². The number of rotatable bonds is 4. The lowest BCUT2D eigenvalue weighted by Crippen LogP contribution is -2.33. The van der Waals surface area contributed by atoms with Crippen molar-refractivity contribution in [2.45, 2.75) is 6.04 Å². The number of nitrogens with zero attached hydrogens (tertiary/aromatic N) is 2. The fourth-order valence-electron chi connectivity index (χ4n) is 1.78. The van der Waals surface area contributed by atoms with Gasteiger partial charge in [-0.3, -0.25) is 9.59 Å². The van der Waals surface area contributed by atoms with Gasteiger partial charge in [0.15, 0.2) is 0 Å². The summed E-state index contributed by atoms with van der Waals surface area (Å²) >= 11 is 0. The van der Waals surface area contributed by atoms with E-state index in [-0.39, 0.29) is 17.9 Å². The highest BCUT2D eigenvalue weighted by Gasteiger charge is 2.16. The fourth-order valence-corrected chi connectivity index (χ4v) is 1.78. The smallest absolute Gasteiger partial charge is 0.272 e. The van der Waals surface area contributed by atoms with E-state index < -0.39 is 11.9 Å². The van der Waals surface area contributed by atoms with Gasteiger partial charge in [0.2, 0.25) is 0 Å². The molecule has 6 heteroatoms. The number of benzene rings is 1. The number of hydrogen-bond acceptors (Lipinski definition) is 4. The molecule has 0 radical (unpaired) electrons. The van der Waals surface area contributed by atoms with Crippen molar-refractivity contribution < 1.29 is 9.90 Å². The number of nitrogens with one attached hydrogen (secondary N) is 1. The standard InChI is InChI=1S/C14H15N3O3/c1-17-13(19)8-7-11(16-17)14(20)15-12(9-18)10-5-3-2-4-6-10/h2-8,12,18H,9H2,1H3,(H,15,20)/t12-/m1/s1. The van der Waals surface area contributed by atoms with E-state index in [1.54, 1.807) is 0 Å². The van der Waals surface area contributed by atoms with Crippen molar-refractivity contribution >= 4 is 5.91 Å². The van der Waals surface area contributed by atoms with E-state index in [0.29, 0.717) is 0 Å². The Labute approximate surface area is 115 Å². The summed E-state index contributed by atoms with van der Waals surface area (Å²) < 4.78 is 1.09. The molecule has 0 saturated carbocycles. The van der Waals surface area contributed by atoms with Crippen LogP contribution in [0.4, 0.5) is 0 Å². The average molecular weight is 273 g/mol. The van der Waals surface area contributed by atoms with E-state index in [9.17, 15) is 14.7 Å². The lowest BCUT2D eigenvalue weighted by molar-refractivity contribution is 0.0909. The third-order valence-electron chi connectivity index (χ3n) is 2.88. The molecule has 0 aliphatic heterocycles. The van der Waals surface area contributed by atoms with Gasteiger partial charge in [-0.2, -0.15) is 5.10 Å². The maximum Gasteiger partial charge on any atom is 0.272 e. The Morgan fingerprint density at radius 2 is 2.00 bits per heavy atom. The second-order valence-corrected chi connectivity index (χ2v) is 4.30. The maximum atomic E-state index is 12.1.